The molecule has 1 unspecified atom stereocenters. The first-order valence-electron chi connectivity index (χ1n) is 10.0. The summed E-state index contributed by atoms with van der Waals surface area (Å²) < 4.78 is 0. The van der Waals surface area contributed by atoms with Crippen molar-refractivity contribution in [3.63, 3.8) is 0 Å². The Bertz CT molecular complexity index is 715. The Morgan fingerprint density at radius 1 is 1.33 bits per heavy atom. The second kappa shape index (κ2) is 9.14. The van der Waals surface area contributed by atoms with E-state index in [4.69, 9.17) is 6.42 Å². The summed E-state index contributed by atoms with van der Waals surface area (Å²) in [7, 11) is 0. The van der Waals surface area contributed by atoms with E-state index in [1.54, 1.807) is 0 Å². The van der Waals surface area contributed by atoms with Crippen LogP contribution in [0.15, 0.2) is 34.5 Å². The Hall–Kier alpha value is -2.19. The van der Waals surface area contributed by atoms with Gasteiger partial charge in [0.15, 0.2) is 5.66 Å². The van der Waals surface area contributed by atoms with Crippen molar-refractivity contribution in [1.29, 1.82) is 0 Å². The number of carbonyl (C=O) groups is 1. The Morgan fingerprint density at radius 3 is 2.81 bits per heavy atom. The molecular formula is C22H30N4O. The molecule has 27 heavy (non-hydrogen) atoms. The summed E-state index contributed by atoms with van der Waals surface area (Å²) in [6, 6.07) is 8.42. The zero-order chi connectivity index (χ0) is 19.1. The standard InChI is InChI=1S/C22H30N4O/c1-3-4-12-22(24-25-22)13-11-21(27)23-15-19-9-5-6-10-20(19)17-26-14-7-8-18(2)16-26/h1,5-6,9-10,18H,4,7-8,11-17H2,2H3,(H,23,27). The highest BCUT2D eigenvalue weighted by molar-refractivity contribution is 5.76. The lowest BCUT2D eigenvalue weighted by Crippen LogP contribution is -2.34. The molecule has 1 aromatic carbocycles. The maximum absolute atomic E-state index is 12.3. The van der Waals surface area contributed by atoms with Gasteiger partial charge in [0.05, 0.1) is 0 Å². The number of nitrogens with one attached hydrogen (secondary N) is 1. The first-order chi connectivity index (χ1) is 13.1. The summed E-state index contributed by atoms with van der Waals surface area (Å²) in [5.74, 6) is 3.43. The van der Waals surface area contributed by atoms with Crippen LogP contribution in [0.1, 0.15) is 56.6 Å². The normalized spacial score (nSPS) is 20.8. The third-order valence-corrected chi connectivity index (χ3v) is 5.53. The average molecular weight is 367 g/mol. The van der Waals surface area contributed by atoms with Gasteiger partial charge in [0.1, 0.15) is 0 Å². The van der Waals surface area contributed by atoms with Gasteiger partial charge >= 0.3 is 0 Å². The van der Waals surface area contributed by atoms with E-state index in [0.717, 1.165) is 32.0 Å². The SMILES string of the molecule is C#CCCC1(CCC(=O)NCc2ccccc2CN2CCCC(C)C2)N=N1. The van der Waals surface area contributed by atoms with Crippen LogP contribution in [0.2, 0.25) is 0 Å². The van der Waals surface area contributed by atoms with Crippen LogP contribution in [0.3, 0.4) is 0 Å². The van der Waals surface area contributed by atoms with E-state index in [9.17, 15) is 4.79 Å². The maximum Gasteiger partial charge on any atom is 0.220 e. The minimum absolute atomic E-state index is 0.0498. The lowest BCUT2D eigenvalue weighted by molar-refractivity contribution is -0.121. The summed E-state index contributed by atoms with van der Waals surface area (Å²) in [5.41, 5.74) is 2.13. The molecule has 2 heterocycles. The van der Waals surface area contributed by atoms with Crippen molar-refractivity contribution < 1.29 is 4.79 Å². The van der Waals surface area contributed by atoms with E-state index in [2.05, 4.69) is 51.5 Å². The Morgan fingerprint density at radius 2 is 2.11 bits per heavy atom. The molecule has 1 amide bonds. The number of carbonyl (C=O) groups excluding carboxylic acids is 1. The zero-order valence-corrected chi connectivity index (χ0v) is 16.3. The van der Waals surface area contributed by atoms with Crippen LogP contribution >= 0.6 is 0 Å². The highest BCUT2D eigenvalue weighted by atomic mass is 16.1. The molecule has 0 radical (unpaired) electrons. The van der Waals surface area contributed by atoms with E-state index in [1.165, 1.54) is 24.0 Å². The van der Waals surface area contributed by atoms with Crippen LogP contribution in [0.5, 0.6) is 0 Å². The average Bonchev–Trinajstić information content (AvgIpc) is 3.44. The van der Waals surface area contributed by atoms with Gasteiger partial charge in [-0.05, 0) is 36.4 Å². The molecule has 5 nitrogen and oxygen atoms in total. The summed E-state index contributed by atoms with van der Waals surface area (Å²) in [4.78, 5) is 14.8. The van der Waals surface area contributed by atoms with Gasteiger partial charge in [0, 0.05) is 45.3 Å². The molecule has 144 valence electrons. The maximum atomic E-state index is 12.3. The molecule has 1 N–H and O–H groups in total. The molecule has 0 bridgehead atoms. The van der Waals surface area contributed by atoms with E-state index in [1.807, 2.05) is 6.07 Å². The van der Waals surface area contributed by atoms with Crippen molar-refractivity contribution in [2.45, 2.75) is 64.2 Å². The van der Waals surface area contributed by atoms with Gasteiger partial charge in [0.25, 0.3) is 0 Å². The number of amides is 1. The number of hydrogen-bond donors (Lipinski definition) is 1. The van der Waals surface area contributed by atoms with Crippen molar-refractivity contribution in [2.75, 3.05) is 13.1 Å². The molecule has 1 aromatic rings. The summed E-state index contributed by atoms with van der Waals surface area (Å²) >= 11 is 0. The molecule has 2 aliphatic heterocycles. The third-order valence-electron chi connectivity index (χ3n) is 5.53. The lowest BCUT2D eigenvalue weighted by atomic mass is 9.99. The van der Waals surface area contributed by atoms with Crippen LogP contribution < -0.4 is 5.32 Å². The quantitative estimate of drug-likeness (QED) is 0.674. The second-order valence-corrected chi connectivity index (χ2v) is 7.91. The number of piperidine rings is 1. The minimum atomic E-state index is -0.382. The molecule has 1 saturated heterocycles. The van der Waals surface area contributed by atoms with Crippen LogP contribution in [0.25, 0.3) is 0 Å². The Kier molecular flexibility index (Phi) is 6.63. The van der Waals surface area contributed by atoms with Crippen LogP contribution in [0, 0.1) is 18.3 Å². The molecule has 1 fully saturated rings. The summed E-state index contributed by atoms with van der Waals surface area (Å²) in [6.45, 7) is 6.19. The molecule has 1 atom stereocenters. The topological polar surface area (TPSA) is 57.1 Å². The van der Waals surface area contributed by atoms with Gasteiger partial charge in [-0.1, -0.05) is 31.2 Å². The summed E-state index contributed by atoms with van der Waals surface area (Å²) in [6.07, 6.45) is 10.4. The Labute approximate surface area is 162 Å². The van der Waals surface area contributed by atoms with Crippen molar-refractivity contribution in [1.82, 2.24) is 10.2 Å². The molecule has 3 rings (SSSR count). The summed E-state index contributed by atoms with van der Waals surface area (Å²) in [5, 5.41) is 11.2. The molecule has 5 heteroatoms. The number of terminal acetylenes is 1. The van der Waals surface area contributed by atoms with E-state index < -0.39 is 0 Å². The number of hydrogen-bond acceptors (Lipinski definition) is 4. The monoisotopic (exact) mass is 366 g/mol. The van der Waals surface area contributed by atoms with Crippen molar-refractivity contribution in [3.8, 4) is 12.3 Å². The van der Waals surface area contributed by atoms with Crippen LogP contribution in [-0.4, -0.2) is 29.6 Å². The van der Waals surface area contributed by atoms with Crippen LogP contribution in [-0.2, 0) is 17.9 Å². The van der Waals surface area contributed by atoms with Gasteiger partial charge in [-0.15, -0.1) is 12.3 Å². The largest absolute Gasteiger partial charge is 0.352 e. The first-order valence-corrected chi connectivity index (χ1v) is 10.0. The molecule has 0 aliphatic carbocycles. The minimum Gasteiger partial charge on any atom is -0.352 e. The second-order valence-electron chi connectivity index (χ2n) is 7.91. The zero-order valence-electron chi connectivity index (χ0n) is 16.3. The number of benzene rings is 1. The molecule has 0 aromatic heterocycles. The van der Waals surface area contributed by atoms with Crippen LogP contribution in [0.4, 0.5) is 0 Å². The predicted molar refractivity (Wildman–Crippen MR) is 107 cm³/mol. The first kappa shape index (κ1) is 19.6. The Balaban J connectivity index is 1.46. The lowest BCUT2D eigenvalue weighted by Gasteiger charge is -2.31. The van der Waals surface area contributed by atoms with E-state index in [0.29, 0.717) is 25.8 Å². The molecule has 0 saturated carbocycles. The van der Waals surface area contributed by atoms with Crippen molar-refractivity contribution >= 4 is 5.91 Å². The number of likely N-dealkylation sites (tertiary alicyclic amines) is 1. The fourth-order valence-electron chi connectivity index (χ4n) is 3.82. The van der Waals surface area contributed by atoms with E-state index in [-0.39, 0.29) is 11.6 Å². The van der Waals surface area contributed by atoms with Gasteiger partial charge in [-0.3, -0.25) is 9.69 Å². The fraction of sp³-hybridized carbons (Fsp3) is 0.591. The van der Waals surface area contributed by atoms with Gasteiger partial charge in [-0.25, -0.2) is 0 Å². The molecule has 2 aliphatic rings. The predicted octanol–water partition coefficient (Wildman–Crippen LogP) is 3.89. The highest BCUT2D eigenvalue weighted by Crippen LogP contribution is 2.37. The smallest absolute Gasteiger partial charge is 0.220 e. The van der Waals surface area contributed by atoms with Crippen molar-refractivity contribution in [3.05, 3.63) is 35.4 Å². The van der Waals surface area contributed by atoms with Gasteiger partial charge < -0.3 is 5.32 Å². The van der Waals surface area contributed by atoms with Gasteiger partial charge in [0.2, 0.25) is 5.91 Å². The van der Waals surface area contributed by atoms with Gasteiger partial charge in [-0.2, -0.15) is 10.2 Å². The number of rotatable bonds is 9. The highest BCUT2D eigenvalue weighted by Gasteiger charge is 2.39. The molecule has 0 spiro atoms. The van der Waals surface area contributed by atoms with E-state index >= 15 is 0 Å². The van der Waals surface area contributed by atoms with Crippen molar-refractivity contribution in [2.24, 2.45) is 16.1 Å². The molecular weight excluding hydrogens is 336 g/mol. The number of nitrogens with zero attached hydrogens (tertiary/aromatic N) is 3. The third kappa shape index (κ3) is 5.90. The fourth-order valence-corrected chi connectivity index (χ4v) is 3.82.